The summed E-state index contributed by atoms with van der Waals surface area (Å²) in [7, 11) is 0. The van der Waals surface area contributed by atoms with Crippen molar-refractivity contribution in [1.82, 2.24) is 15.1 Å². The van der Waals surface area contributed by atoms with Crippen LogP contribution < -0.4 is 5.32 Å². The van der Waals surface area contributed by atoms with Gasteiger partial charge in [0.2, 0.25) is 0 Å². The molecule has 1 fully saturated rings. The summed E-state index contributed by atoms with van der Waals surface area (Å²) in [4.78, 5) is 0. The maximum Gasteiger partial charge on any atom is 0.0718 e. The molecule has 1 aromatic heterocycles. The Labute approximate surface area is 102 Å². The van der Waals surface area contributed by atoms with E-state index in [1.165, 1.54) is 29.4 Å². The Bertz CT molecular complexity index is 509. The van der Waals surface area contributed by atoms with Gasteiger partial charge in [-0.2, -0.15) is 5.10 Å². The highest BCUT2D eigenvalue weighted by atomic mass is 15.3. The predicted molar refractivity (Wildman–Crippen MR) is 70.1 cm³/mol. The van der Waals surface area contributed by atoms with Crippen LogP contribution in [0.15, 0.2) is 24.3 Å². The third-order valence-electron chi connectivity index (χ3n) is 3.64. The van der Waals surface area contributed by atoms with Crippen LogP contribution in [0, 0.1) is 0 Å². The van der Waals surface area contributed by atoms with Gasteiger partial charge in [0.1, 0.15) is 0 Å². The highest BCUT2D eigenvalue weighted by Crippen LogP contribution is 2.21. The fourth-order valence-corrected chi connectivity index (χ4v) is 2.75. The predicted octanol–water partition coefficient (Wildman–Crippen LogP) is 2.35. The molecule has 17 heavy (non-hydrogen) atoms. The van der Waals surface area contributed by atoms with Gasteiger partial charge in [0.15, 0.2) is 0 Å². The molecule has 3 heteroatoms. The molecule has 0 saturated carbocycles. The van der Waals surface area contributed by atoms with Gasteiger partial charge in [-0.1, -0.05) is 18.2 Å². The molecular weight excluding hydrogens is 210 g/mol. The molecule has 2 aromatic rings. The topological polar surface area (TPSA) is 29.9 Å². The van der Waals surface area contributed by atoms with Crippen LogP contribution in [0.3, 0.4) is 0 Å². The molecule has 1 aliphatic heterocycles. The van der Waals surface area contributed by atoms with E-state index in [0.717, 1.165) is 19.5 Å². The van der Waals surface area contributed by atoms with E-state index < -0.39 is 0 Å². The lowest BCUT2D eigenvalue weighted by atomic mass is 10.1. The molecule has 1 aromatic carbocycles. The van der Waals surface area contributed by atoms with E-state index in [1.807, 2.05) is 0 Å². The summed E-state index contributed by atoms with van der Waals surface area (Å²) in [5.74, 6) is 0. The van der Waals surface area contributed by atoms with E-state index in [2.05, 4.69) is 41.2 Å². The van der Waals surface area contributed by atoms with Crippen molar-refractivity contribution in [2.24, 2.45) is 0 Å². The molecule has 1 saturated heterocycles. The number of rotatable bonds is 3. The lowest BCUT2D eigenvalue weighted by Crippen LogP contribution is -2.23. The van der Waals surface area contributed by atoms with Gasteiger partial charge in [-0.3, -0.25) is 4.68 Å². The lowest BCUT2D eigenvalue weighted by molar-refractivity contribution is 0.581. The van der Waals surface area contributed by atoms with Gasteiger partial charge >= 0.3 is 0 Å². The Hall–Kier alpha value is -1.35. The summed E-state index contributed by atoms with van der Waals surface area (Å²) < 4.78 is 2.11. The van der Waals surface area contributed by atoms with Gasteiger partial charge in [0, 0.05) is 24.4 Å². The SMILES string of the molecule is CCn1nc(CC2CCCN2)c2ccccc21. The van der Waals surface area contributed by atoms with Crippen LogP contribution in [-0.2, 0) is 13.0 Å². The molecule has 1 aliphatic rings. The second-order valence-electron chi connectivity index (χ2n) is 4.78. The Morgan fingerprint density at radius 1 is 1.41 bits per heavy atom. The number of aryl methyl sites for hydroxylation is 1. The summed E-state index contributed by atoms with van der Waals surface area (Å²) in [6.07, 6.45) is 3.65. The quantitative estimate of drug-likeness (QED) is 0.875. The van der Waals surface area contributed by atoms with Gasteiger partial charge in [-0.05, 0) is 32.4 Å². The third-order valence-corrected chi connectivity index (χ3v) is 3.64. The van der Waals surface area contributed by atoms with Gasteiger partial charge < -0.3 is 5.32 Å². The number of nitrogens with zero attached hydrogens (tertiary/aromatic N) is 2. The number of hydrogen-bond acceptors (Lipinski definition) is 2. The highest BCUT2D eigenvalue weighted by molar-refractivity contribution is 5.82. The maximum atomic E-state index is 4.75. The molecule has 2 heterocycles. The molecule has 0 bridgehead atoms. The van der Waals surface area contributed by atoms with Crippen LogP contribution in [0.5, 0.6) is 0 Å². The van der Waals surface area contributed by atoms with Crippen molar-refractivity contribution in [1.29, 1.82) is 0 Å². The largest absolute Gasteiger partial charge is 0.314 e. The fraction of sp³-hybridized carbons (Fsp3) is 0.500. The number of hydrogen-bond donors (Lipinski definition) is 1. The molecule has 0 aliphatic carbocycles. The van der Waals surface area contributed by atoms with Gasteiger partial charge in [-0.25, -0.2) is 0 Å². The van der Waals surface area contributed by atoms with Crippen LogP contribution in [0.25, 0.3) is 10.9 Å². The van der Waals surface area contributed by atoms with Crippen LogP contribution in [0.2, 0.25) is 0 Å². The minimum absolute atomic E-state index is 0.624. The summed E-state index contributed by atoms with van der Waals surface area (Å²) in [5.41, 5.74) is 2.52. The maximum absolute atomic E-state index is 4.75. The normalized spacial score (nSPS) is 20.2. The Morgan fingerprint density at radius 3 is 3.06 bits per heavy atom. The monoisotopic (exact) mass is 229 g/mol. The molecule has 0 spiro atoms. The molecule has 3 nitrogen and oxygen atoms in total. The summed E-state index contributed by atoms with van der Waals surface area (Å²) in [5, 5.41) is 9.62. The van der Waals surface area contributed by atoms with E-state index in [-0.39, 0.29) is 0 Å². The van der Waals surface area contributed by atoms with Crippen molar-refractivity contribution >= 4 is 10.9 Å². The third kappa shape index (κ3) is 1.95. The van der Waals surface area contributed by atoms with E-state index in [9.17, 15) is 0 Å². The van der Waals surface area contributed by atoms with E-state index in [1.54, 1.807) is 0 Å². The Kier molecular flexibility index (Phi) is 2.85. The van der Waals surface area contributed by atoms with Crippen molar-refractivity contribution in [3.8, 4) is 0 Å². The first-order valence-corrected chi connectivity index (χ1v) is 6.56. The van der Waals surface area contributed by atoms with Crippen LogP contribution in [0.4, 0.5) is 0 Å². The van der Waals surface area contributed by atoms with Crippen LogP contribution in [-0.4, -0.2) is 22.4 Å². The number of fused-ring (bicyclic) bond motifs is 1. The number of benzene rings is 1. The van der Waals surface area contributed by atoms with Crippen molar-refractivity contribution < 1.29 is 0 Å². The molecule has 0 amide bonds. The van der Waals surface area contributed by atoms with Gasteiger partial charge in [0.25, 0.3) is 0 Å². The van der Waals surface area contributed by atoms with Crippen molar-refractivity contribution in [2.75, 3.05) is 6.54 Å². The zero-order valence-electron chi connectivity index (χ0n) is 10.3. The van der Waals surface area contributed by atoms with Crippen LogP contribution in [0.1, 0.15) is 25.5 Å². The first-order valence-electron chi connectivity index (χ1n) is 6.56. The molecule has 1 N–H and O–H groups in total. The molecule has 90 valence electrons. The fourth-order valence-electron chi connectivity index (χ4n) is 2.75. The summed E-state index contributed by atoms with van der Waals surface area (Å²) in [6, 6.07) is 9.18. The Morgan fingerprint density at radius 2 is 2.29 bits per heavy atom. The van der Waals surface area contributed by atoms with Gasteiger partial charge in [-0.15, -0.1) is 0 Å². The van der Waals surface area contributed by atoms with Crippen molar-refractivity contribution in [3.63, 3.8) is 0 Å². The Balaban J connectivity index is 1.97. The molecule has 0 radical (unpaired) electrons. The second kappa shape index (κ2) is 4.49. The van der Waals surface area contributed by atoms with E-state index in [4.69, 9.17) is 5.10 Å². The highest BCUT2D eigenvalue weighted by Gasteiger charge is 2.18. The van der Waals surface area contributed by atoms with Gasteiger partial charge in [0.05, 0.1) is 11.2 Å². The summed E-state index contributed by atoms with van der Waals surface area (Å²) in [6.45, 7) is 4.26. The first-order chi connectivity index (χ1) is 8.38. The number of para-hydroxylation sites is 1. The second-order valence-corrected chi connectivity index (χ2v) is 4.78. The number of nitrogens with one attached hydrogen (secondary N) is 1. The lowest BCUT2D eigenvalue weighted by Gasteiger charge is -2.07. The zero-order valence-corrected chi connectivity index (χ0v) is 10.3. The molecule has 3 rings (SSSR count). The average Bonchev–Trinajstić information content (AvgIpc) is 2.98. The van der Waals surface area contributed by atoms with Crippen molar-refractivity contribution in [2.45, 2.75) is 38.8 Å². The van der Waals surface area contributed by atoms with E-state index >= 15 is 0 Å². The van der Waals surface area contributed by atoms with Crippen LogP contribution >= 0.6 is 0 Å². The minimum Gasteiger partial charge on any atom is -0.314 e. The molecule has 1 atom stereocenters. The number of aromatic nitrogens is 2. The van der Waals surface area contributed by atoms with E-state index in [0.29, 0.717) is 6.04 Å². The average molecular weight is 229 g/mol. The smallest absolute Gasteiger partial charge is 0.0718 e. The molecular formula is C14H19N3. The summed E-state index contributed by atoms with van der Waals surface area (Å²) >= 11 is 0. The minimum atomic E-state index is 0.624. The standard InChI is InChI=1S/C14H19N3/c1-2-17-14-8-4-3-7-12(14)13(16-17)10-11-6-5-9-15-11/h3-4,7-8,11,15H,2,5-6,9-10H2,1H3. The van der Waals surface area contributed by atoms with Crippen molar-refractivity contribution in [3.05, 3.63) is 30.0 Å². The first kappa shape index (κ1) is 10.8. The molecule has 1 unspecified atom stereocenters. The zero-order chi connectivity index (χ0) is 11.7.